The number of carbonyl (C=O) groups excluding carboxylic acids is 2. The minimum absolute atomic E-state index is 0.0447. The first-order valence-electron chi connectivity index (χ1n) is 8.15. The molecule has 2 amide bonds. The van der Waals surface area contributed by atoms with Crippen LogP contribution in [0.4, 0.5) is 18.9 Å². The molecule has 1 N–H and O–H groups in total. The minimum Gasteiger partial charge on any atom is -0.338 e. The molecular weight excluding hydrogens is 365 g/mol. The van der Waals surface area contributed by atoms with Crippen LogP contribution < -0.4 is 5.32 Å². The summed E-state index contributed by atoms with van der Waals surface area (Å²) in [7, 11) is 0. The smallest absolute Gasteiger partial charge is 0.338 e. The molecule has 1 aliphatic rings. The Hall–Kier alpha value is -2.35. The maximum Gasteiger partial charge on any atom is 0.416 e. The van der Waals surface area contributed by atoms with Gasteiger partial charge in [0.2, 0.25) is 5.91 Å². The van der Waals surface area contributed by atoms with E-state index in [0.29, 0.717) is 30.8 Å². The summed E-state index contributed by atoms with van der Waals surface area (Å²) in [6, 6.07) is 8.16. The van der Waals surface area contributed by atoms with Crippen molar-refractivity contribution < 1.29 is 22.8 Å². The molecule has 0 aliphatic carbocycles. The average molecular weight is 382 g/mol. The Morgan fingerprint density at radius 3 is 2.46 bits per heavy atom. The average Bonchev–Trinajstić information content (AvgIpc) is 3.15. The van der Waals surface area contributed by atoms with E-state index < -0.39 is 11.7 Å². The second-order valence-corrected chi connectivity index (χ2v) is 7.06. The Kier molecular flexibility index (Phi) is 5.31. The number of piperidine rings is 1. The van der Waals surface area contributed by atoms with Gasteiger partial charge in [0.25, 0.3) is 5.91 Å². The highest BCUT2D eigenvalue weighted by molar-refractivity contribution is 7.12. The normalized spacial score (nSPS) is 15.7. The van der Waals surface area contributed by atoms with Gasteiger partial charge in [-0.05, 0) is 42.5 Å². The minimum atomic E-state index is -4.45. The predicted octanol–water partition coefficient (Wildman–Crippen LogP) is 4.26. The van der Waals surface area contributed by atoms with Gasteiger partial charge >= 0.3 is 6.18 Å². The molecule has 0 spiro atoms. The van der Waals surface area contributed by atoms with E-state index in [1.54, 1.807) is 11.0 Å². The maximum absolute atomic E-state index is 12.7. The van der Waals surface area contributed by atoms with Crippen LogP contribution in [0.25, 0.3) is 0 Å². The topological polar surface area (TPSA) is 49.4 Å². The number of rotatable bonds is 3. The molecule has 1 aromatic heterocycles. The summed E-state index contributed by atoms with van der Waals surface area (Å²) in [5.41, 5.74) is -0.673. The van der Waals surface area contributed by atoms with Crippen molar-refractivity contribution in [1.29, 1.82) is 0 Å². The summed E-state index contributed by atoms with van der Waals surface area (Å²) >= 11 is 1.37. The van der Waals surface area contributed by atoms with E-state index in [2.05, 4.69) is 5.32 Å². The van der Waals surface area contributed by atoms with Crippen LogP contribution in [0.1, 0.15) is 28.1 Å². The number of carbonyl (C=O) groups is 2. The van der Waals surface area contributed by atoms with Gasteiger partial charge in [-0.3, -0.25) is 9.59 Å². The first-order chi connectivity index (χ1) is 12.3. The highest BCUT2D eigenvalue weighted by atomic mass is 32.1. The quantitative estimate of drug-likeness (QED) is 0.862. The van der Waals surface area contributed by atoms with E-state index in [1.165, 1.54) is 23.5 Å². The van der Waals surface area contributed by atoms with Crippen molar-refractivity contribution in [3.05, 3.63) is 52.2 Å². The highest BCUT2D eigenvalue weighted by Crippen LogP contribution is 2.31. The maximum atomic E-state index is 12.7. The molecular formula is C18H17F3N2O2S. The zero-order valence-corrected chi connectivity index (χ0v) is 14.6. The Labute approximate surface area is 152 Å². The van der Waals surface area contributed by atoms with Gasteiger partial charge in [-0.25, -0.2) is 0 Å². The fourth-order valence-electron chi connectivity index (χ4n) is 2.92. The lowest BCUT2D eigenvalue weighted by molar-refractivity contribution is -0.137. The van der Waals surface area contributed by atoms with Crippen LogP contribution in [0, 0.1) is 5.92 Å². The van der Waals surface area contributed by atoms with Gasteiger partial charge in [0.15, 0.2) is 0 Å². The van der Waals surface area contributed by atoms with E-state index in [9.17, 15) is 22.8 Å². The summed E-state index contributed by atoms with van der Waals surface area (Å²) < 4.78 is 38.2. The highest BCUT2D eigenvalue weighted by Gasteiger charge is 2.31. The summed E-state index contributed by atoms with van der Waals surface area (Å²) in [5, 5.41) is 4.39. The van der Waals surface area contributed by atoms with E-state index >= 15 is 0 Å². The number of halogens is 3. The van der Waals surface area contributed by atoms with Crippen LogP contribution >= 0.6 is 11.3 Å². The van der Waals surface area contributed by atoms with Crippen molar-refractivity contribution in [2.24, 2.45) is 5.92 Å². The summed E-state index contributed by atoms with van der Waals surface area (Å²) in [6.45, 7) is 0.912. The Morgan fingerprint density at radius 2 is 1.85 bits per heavy atom. The number of thiophene rings is 1. The van der Waals surface area contributed by atoms with Crippen molar-refractivity contribution in [3.8, 4) is 0 Å². The second-order valence-electron chi connectivity index (χ2n) is 6.11. The Morgan fingerprint density at radius 1 is 1.12 bits per heavy atom. The van der Waals surface area contributed by atoms with Crippen LogP contribution in [-0.4, -0.2) is 29.8 Å². The van der Waals surface area contributed by atoms with Crippen LogP contribution in [0.5, 0.6) is 0 Å². The zero-order valence-electron chi connectivity index (χ0n) is 13.8. The van der Waals surface area contributed by atoms with Crippen molar-refractivity contribution >= 4 is 28.8 Å². The third-order valence-corrected chi connectivity index (χ3v) is 5.20. The van der Waals surface area contributed by atoms with Crippen molar-refractivity contribution in [2.75, 3.05) is 18.4 Å². The van der Waals surface area contributed by atoms with E-state index in [0.717, 1.165) is 12.1 Å². The molecule has 2 aromatic rings. The molecule has 0 atom stereocenters. The predicted molar refractivity (Wildman–Crippen MR) is 93.0 cm³/mol. The molecule has 0 radical (unpaired) electrons. The van der Waals surface area contributed by atoms with Crippen molar-refractivity contribution in [1.82, 2.24) is 4.90 Å². The molecule has 138 valence electrons. The molecule has 1 aromatic carbocycles. The second kappa shape index (κ2) is 7.49. The number of hydrogen-bond acceptors (Lipinski definition) is 3. The van der Waals surface area contributed by atoms with Gasteiger partial charge in [-0.2, -0.15) is 13.2 Å². The fourth-order valence-corrected chi connectivity index (χ4v) is 3.61. The van der Waals surface area contributed by atoms with Crippen LogP contribution in [0.15, 0.2) is 41.8 Å². The monoisotopic (exact) mass is 382 g/mol. The molecule has 1 fully saturated rings. The largest absolute Gasteiger partial charge is 0.416 e. The molecule has 26 heavy (non-hydrogen) atoms. The van der Waals surface area contributed by atoms with Crippen molar-refractivity contribution in [2.45, 2.75) is 19.0 Å². The number of likely N-dealkylation sites (tertiary alicyclic amines) is 1. The molecule has 2 heterocycles. The lowest BCUT2D eigenvalue weighted by Crippen LogP contribution is -2.41. The third kappa shape index (κ3) is 4.24. The molecule has 4 nitrogen and oxygen atoms in total. The standard InChI is InChI=1S/C18H17F3N2O2S/c19-18(20,21)13-3-1-4-14(11-13)22-16(24)12-6-8-23(9-7-12)17(25)15-5-2-10-26-15/h1-5,10-12H,6-9H2,(H,22,24). The van der Waals surface area contributed by atoms with Gasteiger partial charge in [-0.15, -0.1) is 11.3 Å². The third-order valence-electron chi connectivity index (χ3n) is 4.34. The lowest BCUT2D eigenvalue weighted by Gasteiger charge is -2.31. The molecule has 0 unspecified atom stereocenters. The van der Waals surface area contributed by atoms with Gasteiger partial charge in [0.05, 0.1) is 10.4 Å². The van der Waals surface area contributed by atoms with Gasteiger partial charge < -0.3 is 10.2 Å². The zero-order chi connectivity index (χ0) is 18.7. The fraction of sp³-hybridized carbons (Fsp3) is 0.333. The van der Waals surface area contributed by atoms with Crippen molar-refractivity contribution in [3.63, 3.8) is 0 Å². The summed E-state index contributed by atoms with van der Waals surface area (Å²) in [5.74, 6) is -0.679. The molecule has 8 heteroatoms. The molecule has 1 aliphatic heterocycles. The summed E-state index contributed by atoms with van der Waals surface area (Å²) in [6.07, 6.45) is -3.47. The number of nitrogens with one attached hydrogen (secondary N) is 1. The molecule has 3 rings (SSSR count). The number of hydrogen-bond donors (Lipinski definition) is 1. The Bertz CT molecular complexity index is 782. The molecule has 1 saturated heterocycles. The van der Waals surface area contributed by atoms with Gasteiger partial charge in [0, 0.05) is 24.7 Å². The van der Waals surface area contributed by atoms with Crippen LogP contribution in [0.3, 0.4) is 0 Å². The van der Waals surface area contributed by atoms with Crippen LogP contribution in [-0.2, 0) is 11.0 Å². The Balaban J connectivity index is 1.57. The molecule has 0 saturated carbocycles. The van der Waals surface area contributed by atoms with Crippen LogP contribution in [0.2, 0.25) is 0 Å². The number of amides is 2. The van der Waals surface area contributed by atoms with E-state index in [1.807, 2.05) is 11.4 Å². The van der Waals surface area contributed by atoms with E-state index in [4.69, 9.17) is 0 Å². The first kappa shape index (κ1) is 18.4. The van der Waals surface area contributed by atoms with E-state index in [-0.39, 0.29) is 23.4 Å². The SMILES string of the molecule is O=C(Nc1cccc(C(F)(F)F)c1)C1CCN(C(=O)c2cccs2)CC1. The van der Waals surface area contributed by atoms with Gasteiger partial charge in [0.1, 0.15) is 0 Å². The number of anilines is 1. The molecule has 0 bridgehead atoms. The lowest BCUT2D eigenvalue weighted by atomic mass is 9.95. The number of benzene rings is 1. The summed E-state index contributed by atoms with van der Waals surface area (Å²) in [4.78, 5) is 27.0. The number of alkyl halides is 3. The van der Waals surface area contributed by atoms with Gasteiger partial charge in [-0.1, -0.05) is 12.1 Å². The first-order valence-corrected chi connectivity index (χ1v) is 9.03. The number of nitrogens with zero attached hydrogens (tertiary/aromatic N) is 1.